The Morgan fingerprint density at radius 1 is 1.14 bits per heavy atom. The molecule has 29 heavy (non-hydrogen) atoms. The predicted octanol–water partition coefficient (Wildman–Crippen LogP) is 2.61. The van der Waals surface area contributed by atoms with Crippen LogP contribution in [-0.2, 0) is 0 Å². The predicted molar refractivity (Wildman–Crippen MR) is 107 cm³/mol. The third-order valence-corrected chi connectivity index (χ3v) is 4.65. The highest BCUT2D eigenvalue weighted by Crippen LogP contribution is 2.22. The maximum atomic E-state index is 12.4. The normalized spacial score (nSPS) is 11.6. The molecule has 10 nitrogen and oxygen atoms in total. The SMILES string of the molecule is Cc1ccc(-n2nc(C)c(C=Cc3nc4nc[nH]n4c(=O)c3[N+](=O)[O-])c2C)cc1. The van der Waals surface area contributed by atoms with Gasteiger partial charge in [-0.25, -0.2) is 14.6 Å². The Morgan fingerprint density at radius 2 is 1.86 bits per heavy atom. The minimum absolute atomic E-state index is 0.0593. The van der Waals surface area contributed by atoms with Crippen molar-refractivity contribution in [2.45, 2.75) is 20.8 Å². The van der Waals surface area contributed by atoms with Gasteiger partial charge in [0.05, 0.1) is 16.3 Å². The van der Waals surface area contributed by atoms with Gasteiger partial charge >= 0.3 is 11.2 Å². The molecular formula is C19H17N7O3. The first-order chi connectivity index (χ1) is 13.9. The van der Waals surface area contributed by atoms with Crippen molar-refractivity contribution in [1.82, 2.24) is 29.4 Å². The number of rotatable bonds is 4. The number of fused-ring (bicyclic) bond motifs is 1. The summed E-state index contributed by atoms with van der Waals surface area (Å²) in [7, 11) is 0. The van der Waals surface area contributed by atoms with Crippen molar-refractivity contribution in [2.75, 3.05) is 0 Å². The number of aryl methyl sites for hydroxylation is 2. The first kappa shape index (κ1) is 18.3. The van der Waals surface area contributed by atoms with E-state index in [0.29, 0.717) is 0 Å². The second-order valence-corrected chi connectivity index (χ2v) is 6.60. The lowest BCUT2D eigenvalue weighted by Crippen LogP contribution is -2.20. The summed E-state index contributed by atoms with van der Waals surface area (Å²) in [4.78, 5) is 31.1. The van der Waals surface area contributed by atoms with E-state index in [-0.39, 0.29) is 11.5 Å². The molecule has 3 heterocycles. The van der Waals surface area contributed by atoms with Gasteiger partial charge in [0.1, 0.15) is 6.33 Å². The van der Waals surface area contributed by atoms with Gasteiger partial charge in [-0.15, -0.1) is 0 Å². The zero-order valence-electron chi connectivity index (χ0n) is 15.9. The van der Waals surface area contributed by atoms with Crippen molar-refractivity contribution in [3.8, 4) is 5.69 Å². The minimum Gasteiger partial charge on any atom is -0.277 e. The first-order valence-corrected chi connectivity index (χ1v) is 8.78. The molecule has 0 radical (unpaired) electrons. The van der Waals surface area contributed by atoms with Gasteiger partial charge in [-0.05, 0) is 45.1 Å². The number of H-pyrrole nitrogens is 1. The molecule has 0 unspecified atom stereocenters. The molecule has 1 N–H and O–H groups in total. The van der Waals surface area contributed by atoms with Crippen molar-refractivity contribution >= 4 is 23.6 Å². The molecular weight excluding hydrogens is 374 g/mol. The summed E-state index contributed by atoms with van der Waals surface area (Å²) in [5, 5.41) is 18.5. The van der Waals surface area contributed by atoms with Crippen LogP contribution in [0.4, 0.5) is 5.69 Å². The highest BCUT2D eigenvalue weighted by Gasteiger charge is 2.23. The molecule has 4 aromatic rings. The molecule has 10 heteroatoms. The Balaban J connectivity index is 1.81. The van der Waals surface area contributed by atoms with Crippen LogP contribution in [0.15, 0.2) is 35.4 Å². The number of hydrogen-bond acceptors (Lipinski definition) is 6. The van der Waals surface area contributed by atoms with Crippen LogP contribution < -0.4 is 5.56 Å². The number of hydrogen-bond donors (Lipinski definition) is 1. The van der Waals surface area contributed by atoms with Gasteiger partial charge in [-0.3, -0.25) is 20.0 Å². The Morgan fingerprint density at radius 3 is 2.55 bits per heavy atom. The molecule has 0 fully saturated rings. The van der Waals surface area contributed by atoms with E-state index in [1.165, 1.54) is 12.4 Å². The van der Waals surface area contributed by atoms with Crippen LogP contribution in [0, 0.1) is 30.9 Å². The van der Waals surface area contributed by atoms with E-state index in [1.54, 1.807) is 6.08 Å². The third-order valence-electron chi connectivity index (χ3n) is 4.65. The summed E-state index contributed by atoms with van der Waals surface area (Å²) in [6.45, 7) is 5.77. The van der Waals surface area contributed by atoms with Crippen LogP contribution in [0.2, 0.25) is 0 Å². The fourth-order valence-corrected chi connectivity index (χ4v) is 3.15. The quantitative estimate of drug-likeness (QED) is 0.421. The van der Waals surface area contributed by atoms with E-state index >= 15 is 0 Å². The maximum Gasteiger partial charge on any atom is 0.361 e. The average molecular weight is 391 g/mol. The lowest BCUT2D eigenvalue weighted by molar-refractivity contribution is -0.386. The zero-order chi connectivity index (χ0) is 20.7. The first-order valence-electron chi connectivity index (χ1n) is 8.78. The number of nitrogens with zero attached hydrogens (tertiary/aromatic N) is 6. The van der Waals surface area contributed by atoms with Crippen molar-refractivity contribution in [2.24, 2.45) is 0 Å². The van der Waals surface area contributed by atoms with Crippen molar-refractivity contribution in [3.63, 3.8) is 0 Å². The Hall–Kier alpha value is -4.08. The smallest absolute Gasteiger partial charge is 0.277 e. The molecule has 3 aromatic heterocycles. The van der Waals surface area contributed by atoms with E-state index in [2.05, 4.69) is 20.2 Å². The fourth-order valence-electron chi connectivity index (χ4n) is 3.15. The molecule has 4 rings (SSSR count). The summed E-state index contributed by atoms with van der Waals surface area (Å²) >= 11 is 0. The van der Waals surface area contributed by atoms with E-state index in [4.69, 9.17) is 0 Å². The summed E-state index contributed by atoms with van der Waals surface area (Å²) in [6.07, 6.45) is 4.38. The van der Waals surface area contributed by atoms with Gasteiger partial charge in [0, 0.05) is 11.3 Å². The fraction of sp³-hybridized carbons (Fsp3) is 0.158. The van der Waals surface area contributed by atoms with Gasteiger partial charge < -0.3 is 0 Å². The van der Waals surface area contributed by atoms with Crippen molar-refractivity contribution in [3.05, 3.63) is 79.3 Å². The lowest BCUT2D eigenvalue weighted by atomic mass is 10.1. The maximum absolute atomic E-state index is 12.4. The monoisotopic (exact) mass is 391 g/mol. The van der Waals surface area contributed by atoms with Gasteiger partial charge in [-0.2, -0.15) is 9.61 Å². The van der Waals surface area contributed by atoms with Gasteiger partial charge in [-0.1, -0.05) is 17.7 Å². The van der Waals surface area contributed by atoms with Crippen LogP contribution in [-0.4, -0.2) is 34.3 Å². The number of aromatic amines is 1. The van der Waals surface area contributed by atoms with Crippen molar-refractivity contribution < 1.29 is 4.92 Å². The number of nitro groups is 1. The summed E-state index contributed by atoms with van der Waals surface area (Å²) < 4.78 is 2.74. The largest absolute Gasteiger partial charge is 0.361 e. The summed E-state index contributed by atoms with van der Waals surface area (Å²) in [5.41, 5.74) is 2.97. The molecule has 146 valence electrons. The van der Waals surface area contributed by atoms with Crippen LogP contribution in [0.25, 0.3) is 23.6 Å². The minimum atomic E-state index is -0.819. The van der Waals surface area contributed by atoms with Crippen LogP contribution in [0.3, 0.4) is 0 Å². The van der Waals surface area contributed by atoms with Gasteiger partial charge in [0.2, 0.25) is 0 Å². The molecule has 1 aromatic carbocycles. The van der Waals surface area contributed by atoms with Crippen LogP contribution in [0.1, 0.15) is 28.2 Å². The Labute approximate surface area is 164 Å². The van der Waals surface area contributed by atoms with E-state index in [9.17, 15) is 14.9 Å². The lowest BCUT2D eigenvalue weighted by Gasteiger charge is -2.04. The van der Waals surface area contributed by atoms with Gasteiger partial charge in [0.15, 0.2) is 5.69 Å². The topological polar surface area (TPSA) is 124 Å². The molecule has 0 atom stereocenters. The Kier molecular flexibility index (Phi) is 4.30. The molecule has 0 aliphatic heterocycles. The van der Waals surface area contributed by atoms with Crippen LogP contribution >= 0.6 is 0 Å². The molecule has 0 aliphatic carbocycles. The summed E-state index contributed by atoms with van der Waals surface area (Å²) in [6, 6.07) is 7.95. The molecule has 0 bridgehead atoms. The molecule has 0 amide bonds. The van der Waals surface area contributed by atoms with E-state index < -0.39 is 16.2 Å². The molecule has 0 spiro atoms. The zero-order valence-corrected chi connectivity index (χ0v) is 15.9. The standard InChI is InChI=1S/C19H17N7O3/c1-11-4-6-14(7-5-11)24-13(3)15(12(2)23-24)8-9-16-17(26(28)29)18(27)25-19(22-16)20-10-21-25/h4-10H,1-3H3,(H,20,21,22). The number of aromatic nitrogens is 6. The highest BCUT2D eigenvalue weighted by atomic mass is 16.6. The second-order valence-electron chi connectivity index (χ2n) is 6.60. The third kappa shape index (κ3) is 3.10. The van der Waals surface area contributed by atoms with Crippen LogP contribution in [0.5, 0.6) is 0 Å². The second kappa shape index (κ2) is 6.82. The van der Waals surface area contributed by atoms with Gasteiger partial charge in [0.25, 0.3) is 5.78 Å². The number of benzene rings is 1. The Bertz CT molecular complexity index is 1330. The molecule has 0 saturated carbocycles. The molecule has 0 aliphatic rings. The van der Waals surface area contributed by atoms with E-state index in [1.807, 2.05) is 49.7 Å². The average Bonchev–Trinajstić information content (AvgIpc) is 3.25. The number of nitrogens with one attached hydrogen (secondary N) is 1. The highest BCUT2D eigenvalue weighted by molar-refractivity contribution is 5.74. The summed E-state index contributed by atoms with van der Waals surface area (Å²) in [5.74, 6) is 0.0593. The van der Waals surface area contributed by atoms with Crippen molar-refractivity contribution in [1.29, 1.82) is 0 Å². The molecule has 0 saturated heterocycles. The van der Waals surface area contributed by atoms with E-state index in [0.717, 1.165) is 32.7 Å².